The number of benzene rings is 2. The highest BCUT2D eigenvalue weighted by atomic mass is 32.2. The monoisotopic (exact) mass is 426 g/mol. The van der Waals surface area contributed by atoms with E-state index in [4.69, 9.17) is 21.7 Å². The maximum Gasteiger partial charge on any atom is 0.266 e. The molecule has 1 saturated heterocycles. The van der Waals surface area contributed by atoms with E-state index in [0.717, 1.165) is 30.0 Å². The highest BCUT2D eigenvalue weighted by Gasteiger charge is 2.32. The molecule has 5 nitrogen and oxygen atoms in total. The third-order valence-corrected chi connectivity index (χ3v) is 6.35. The first-order valence-corrected chi connectivity index (χ1v) is 10.8. The van der Waals surface area contributed by atoms with Gasteiger partial charge in [0.05, 0.1) is 11.4 Å². The van der Waals surface area contributed by atoms with E-state index in [1.807, 2.05) is 36.4 Å². The second kappa shape index (κ2) is 8.47. The van der Waals surface area contributed by atoms with Crippen LogP contribution in [0.15, 0.2) is 47.4 Å². The van der Waals surface area contributed by atoms with Crippen LogP contribution in [0.3, 0.4) is 0 Å². The van der Waals surface area contributed by atoms with E-state index in [1.54, 1.807) is 4.90 Å². The molecule has 2 aromatic carbocycles. The van der Waals surface area contributed by atoms with Gasteiger partial charge in [-0.1, -0.05) is 42.2 Å². The molecular formula is C22H22N2O3S2. The van der Waals surface area contributed by atoms with Crippen molar-refractivity contribution in [2.75, 3.05) is 24.8 Å². The highest BCUT2D eigenvalue weighted by molar-refractivity contribution is 8.26. The number of ether oxygens (including phenoxy) is 2. The lowest BCUT2D eigenvalue weighted by Gasteiger charge is -2.20. The summed E-state index contributed by atoms with van der Waals surface area (Å²) in [5.41, 5.74) is 3.13. The molecule has 0 saturated carbocycles. The van der Waals surface area contributed by atoms with Crippen LogP contribution < -0.4 is 14.4 Å². The topological polar surface area (TPSA) is 42.0 Å². The van der Waals surface area contributed by atoms with Gasteiger partial charge in [-0.3, -0.25) is 9.69 Å². The first-order chi connectivity index (χ1) is 14.1. The first-order valence-electron chi connectivity index (χ1n) is 9.58. The Bertz CT molecular complexity index is 969. The van der Waals surface area contributed by atoms with Crippen molar-refractivity contribution >= 4 is 46.0 Å². The normalized spacial score (nSPS) is 16.8. The van der Waals surface area contributed by atoms with Crippen LogP contribution in [0.4, 0.5) is 5.69 Å². The van der Waals surface area contributed by atoms with Gasteiger partial charge in [-0.25, -0.2) is 0 Å². The van der Waals surface area contributed by atoms with Gasteiger partial charge in [0.1, 0.15) is 4.32 Å². The standard InChI is InChI=1S/C22H22N2O3S2/c1-3-23(4-2)17-8-5-15(6-9-17)12-20-21(25)24(22(28)29-20)13-16-7-10-18-19(11-16)27-14-26-18/h5-12H,3-4,13-14H2,1-2H3/b20-12+. The lowest BCUT2D eigenvalue weighted by atomic mass is 10.1. The largest absolute Gasteiger partial charge is 0.454 e. The Hall–Kier alpha value is -2.51. The smallest absolute Gasteiger partial charge is 0.266 e. The van der Waals surface area contributed by atoms with Gasteiger partial charge in [0.15, 0.2) is 11.5 Å². The minimum atomic E-state index is -0.0644. The maximum atomic E-state index is 12.9. The average Bonchev–Trinajstić information content (AvgIpc) is 3.30. The zero-order valence-corrected chi connectivity index (χ0v) is 18.0. The molecule has 1 fully saturated rings. The summed E-state index contributed by atoms with van der Waals surface area (Å²) < 4.78 is 11.3. The van der Waals surface area contributed by atoms with Crippen LogP contribution in [0.2, 0.25) is 0 Å². The van der Waals surface area contributed by atoms with Crippen molar-refractivity contribution in [1.29, 1.82) is 0 Å². The minimum Gasteiger partial charge on any atom is -0.454 e. The van der Waals surface area contributed by atoms with Gasteiger partial charge in [0, 0.05) is 18.8 Å². The number of anilines is 1. The fourth-order valence-corrected chi connectivity index (χ4v) is 4.63. The third-order valence-electron chi connectivity index (χ3n) is 4.97. The molecular weight excluding hydrogens is 404 g/mol. The van der Waals surface area contributed by atoms with E-state index in [0.29, 0.717) is 21.5 Å². The number of nitrogens with zero attached hydrogens (tertiary/aromatic N) is 2. The number of thioether (sulfide) groups is 1. The Morgan fingerprint density at radius 3 is 2.55 bits per heavy atom. The van der Waals surface area contributed by atoms with Crippen LogP contribution in [0, 0.1) is 0 Å². The van der Waals surface area contributed by atoms with Gasteiger partial charge in [0.25, 0.3) is 5.91 Å². The average molecular weight is 427 g/mol. The fourth-order valence-electron chi connectivity index (χ4n) is 3.38. The summed E-state index contributed by atoms with van der Waals surface area (Å²) in [6, 6.07) is 14.0. The Morgan fingerprint density at radius 1 is 1.10 bits per heavy atom. The van der Waals surface area contributed by atoms with Crippen LogP contribution in [0.25, 0.3) is 6.08 Å². The summed E-state index contributed by atoms with van der Waals surface area (Å²) in [6.45, 7) is 6.86. The van der Waals surface area contributed by atoms with Gasteiger partial charge in [0.2, 0.25) is 6.79 Å². The minimum absolute atomic E-state index is 0.0644. The molecule has 0 aromatic heterocycles. The quantitative estimate of drug-likeness (QED) is 0.494. The molecule has 29 heavy (non-hydrogen) atoms. The van der Waals surface area contributed by atoms with Crippen LogP contribution >= 0.6 is 24.0 Å². The lowest BCUT2D eigenvalue weighted by Crippen LogP contribution is -2.27. The molecule has 2 heterocycles. The predicted molar refractivity (Wildman–Crippen MR) is 121 cm³/mol. The van der Waals surface area contributed by atoms with E-state index in [1.165, 1.54) is 17.4 Å². The van der Waals surface area contributed by atoms with Crippen molar-refractivity contribution in [2.45, 2.75) is 20.4 Å². The van der Waals surface area contributed by atoms with Crippen molar-refractivity contribution in [3.63, 3.8) is 0 Å². The number of carbonyl (C=O) groups is 1. The molecule has 1 amide bonds. The van der Waals surface area contributed by atoms with E-state index >= 15 is 0 Å². The molecule has 0 N–H and O–H groups in total. The van der Waals surface area contributed by atoms with Gasteiger partial charge >= 0.3 is 0 Å². The number of hydrogen-bond acceptors (Lipinski definition) is 6. The zero-order chi connectivity index (χ0) is 20.4. The molecule has 0 bridgehead atoms. The number of fused-ring (bicyclic) bond motifs is 1. The van der Waals surface area contributed by atoms with Crippen molar-refractivity contribution in [2.24, 2.45) is 0 Å². The second-order valence-electron chi connectivity index (χ2n) is 6.72. The van der Waals surface area contributed by atoms with Gasteiger partial charge in [-0.15, -0.1) is 0 Å². The summed E-state index contributed by atoms with van der Waals surface area (Å²) in [4.78, 5) is 17.5. The van der Waals surface area contributed by atoms with E-state index < -0.39 is 0 Å². The van der Waals surface area contributed by atoms with Crippen molar-refractivity contribution in [3.05, 3.63) is 58.5 Å². The molecule has 0 atom stereocenters. The number of amides is 1. The number of rotatable bonds is 6. The van der Waals surface area contributed by atoms with Crippen molar-refractivity contribution in [1.82, 2.24) is 4.90 Å². The van der Waals surface area contributed by atoms with Gasteiger partial charge in [-0.2, -0.15) is 0 Å². The molecule has 0 spiro atoms. The summed E-state index contributed by atoms with van der Waals surface area (Å²) in [5.74, 6) is 1.37. The molecule has 0 unspecified atom stereocenters. The van der Waals surface area contributed by atoms with Crippen LogP contribution in [0.1, 0.15) is 25.0 Å². The Morgan fingerprint density at radius 2 is 1.83 bits per heavy atom. The summed E-state index contributed by atoms with van der Waals surface area (Å²) in [6.07, 6.45) is 1.91. The van der Waals surface area contributed by atoms with Crippen molar-refractivity contribution in [3.8, 4) is 11.5 Å². The van der Waals surface area contributed by atoms with Crippen LogP contribution in [-0.4, -0.2) is 35.0 Å². The first kappa shape index (κ1) is 19.8. The summed E-state index contributed by atoms with van der Waals surface area (Å²) >= 11 is 6.80. The molecule has 4 rings (SSSR count). The molecule has 0 aliphatic carbocycles. The summed E-state index contributed by atoms with van der Waals surface area (Å²) in [5, 5.41) is 0. The van der Waals surface area contributed by atoms with E-state index in [-0.39, 0.29) is 12.7 Å². The van der Waals surface area contributed by atoms with Crippen molar-refractivity contribution < 1.29 is 14.3 Å². The maximum absolute atomic E-state index is 12.9. The molecule has 150 valence electrons. The Balaban J connectivity index is 1.49. The fraction of sp³-hybridized carbons (Fsp3) is 0.273. The lowest BCUT2D eigenvalue weighted by molar-refractivity contribution is -0.122. The Kier molecular flexibility index (Phi) is 5.78. The van der Waals surface area contributed by atoms with Crippen LogP contribution in [-0.2, 0) is 11.3 Å². The van der Waals surface area contributed by atoms with Crippen LogP contribution in [0.5, 0.6) is 11.5 Å². The predicted octanol–water partition coefficient (Wildman–Crippen LogP) is 4.66. The third kappa shape index (κ3) is 4.11. The SMILES string of the molecule is CCN(CC)c1ccc(/C=C2/SC(=S)N(Cc3ccc4c(c3)OCO4)C2=O)cc1. The highest BCUT2D eigenvalue weighted by Crippen LogP contribution is 2.36. The Labute approximate surface area is 180 Å². The molecule has 2 aromatic rings. The summed E-state index contributed by atoms with van der Waals surface area (Å²) in [7, 11) is 0. The molecule has 0 radical (unpaired) electrons. The zero-order valence-electron chi connectivity index (χ0n) is 16.4. The van der Waals surface area contributed by atoms with E-state index in [9.17, 15) is 4.79 Å². The molecule has 2 aliphatic rings. The number of carbonyl (C=O) groups excluding carboxylic acids is 1. The van der Waals surface area contributed by atoms with Gasteiger partial charge in [-0.05, 0) is 55.3 Å². The second-order valence-corrected chi connectivity index (χ2v) is 8.40. The molecule has 2 aliphatic heterocycles. The van der Waals surface area contributed by atoms with E-state index in [2.05, 4.69) is 30.9 Å². The van der Waals surface area contributed by atoms with Gasteiger partial charge < -0.3 is 14.4 Å². The number of thiocarbonyl (C=S) groups is 1. The number of hydrogen-bond donors (Lipinski definition) is 0. The molecule has 7 heteroatoms.